The highest BCUT2D eigenvalue weighted by Crippen LogP contribution is 2.12. The number of hydrogen-bond donors (Lipinski definition) is 1. The van der Waals surface area contributed by atoms with Gasteiger partial charge in [0.05, 0.1) is 6.54 Å². The summed E-state index contributed by atoms with van der Waals surface area (Å²) in [6, 6.07) is 4.31. The highest BCUT2D eigenvalue weighted by molar-refractivity contribution is 7.09. The fourth-order valence-corrected chi connectivity index (χ4v) is 2.44. The number of carbonyl (C=O) groups is 1. The number of nitrogens with zero attached hydrogens (tertiary/aromatic N) is 1. The van der Waals surface area contributed by atoms with E-state index >= 15 is 0 Å². The van der Waals surface area contributed by atoms with Crippen molar-refractivity contribution in [2.24, 2.45) is 0 Å². The Labute approximate surface area is 114 Å². The fourth-order valence-electron chi connectivity index (χ4n) is 1.72. The van der Waals surface area contributed by atoms with Gasteiger partial charge in [-0.1, -0.05) is 26.0 Å². The van der Waals surface area contributed by atoms with Gasteiger partial charge >= 0.3 is 6.03 Å². The van der Waals surface area contributed by atoms with Gasteiger partial charge < -0.3 is 10.2 Å². The Bertz CT molecular complexity index is 358. The van der Waals surface area contributed by atoms with E-state index in [9.17, 15) is 4.79 Å². The summed E-state index contributed by atoms with van der Waals surface area (Å²) in [6.07, 6.45) is 3.69. The molecule has 1 rings (SSSR count). The number of nitrogens with one attached hydrogen (secondary N) is 1. The van der Waals surface area contributed by atoms with Gasteiger partial charge in [-0.3, -0.25) is 0 Å². The van der Waals surface area contributed by atoms with E-state index in [0.717, 1.165) is 12.8 Å². The molecule has 0 spiro atoms. The lowest BCUT2D eigenvalue weighted by molar-refractivity contribution is 0.196. The van der Waals surface area contributed by atoms with E-state index in [2.05, 4.69) is 25.7 Å². The molecule has 0 atom stereocenters. The molecule has 1 aromatic rings. The first-order valence-electron chi connectivity index (χ1n) is 6.39. The van der Waals surface area contributed by atoms with Crippen molar-refractivity contribution in [3.8, 4) is 0 Å². The predicted octanol–water partition coefficient (Wildman–Crippen LogP) is 3.63. The molecule has 4 heteroatoms. The number of carbonyl (C=O) groups excluding carboxylic acids is 1. The van der Waals surface area contributed by atoms with Crippen molar-refractivity contribution >= 4 is 17.4 Å². The van der Waals surface area contributed by atoms with Crippen LogP contribution < -0.4 is 5.32 Å². The van der Waals surface area contributed by atoms with Gasteiger partial charge in [-0.15, -0.1) is 17.9 Å². The molecule has 1 aromatic heterocycles. The first-order valence-corrected chi connectivity index (χ1v) is 7.27. The van der Waals surface area contributed by atoms with Crippen LogP contribution in [0.25, 0.3) is 0 Å². The molecule has 0 saturated heterocycles. The monoisotopic (exact) mass is 266 g/mol. The molecule has 18 heavy (non-hydrogen) atoms. The lowest BCUT2D eigenvalue weighted by Gasteiger charge is -2.24. The Morgan fingerprint density at radius 2 is 2.28 bits per heavy atom. The molecule has 3 nitrogen and oxygen atoms in total. The minimum absolute atomic E-state index is 0.00278. The largest absolute Gasteiger partial charge is 0.335 e. The second-order valence-electron chi connectivity index (χ2n) is 4.21. The van der Waals surface area contributed by atoms with Gasteiger partial charge in [-0.25, -0.2) is 4.79 Å². The zero-order chi connectivity index (χ0) is 13.4. The molecule has 0 radical (unpaired) electrons. The normalized spacial score (nSPS) is 10.4. The lowest BCUT2D eigenvalue weighted by atomic mass is 10.2. The maximum atomic E-state index is 12.2. The molecule has 0 aromatic carbocycles. The number of hydrogen-bond acceptors (Lipinski definition) is 2. The average molecular weight is 266 g/mol. The van der Waals surface area contributed by atoms with Crippen LogP contribution in [0.3, 0.4) is 0 Å². The van der Waals surface area contributed by atoms with Crippen molar-refractivity contribution in [2.75, 3.05) is 6.54 Å². The zero-order valence-electron chi connectivity index (χ0n) is 11.2. The standard InChI is InChI=1S/C14H22N2OS/c1-4-9-16(11-13-8-7-10-18-13)14(17)15-12(5-2)6-3/h4,7-8,10,12H,1,5-6,9,11H2,2-3H3,(H,15,17). The van der Waals surface area contributed by atoms with Crippen LogP contribution >= 0.6 is 11.3 Å². The molecule has 1 heterocycles. The topological polar surface area (TPSA) is 32.3 Å². The fraction of sp³-hybridized carbons (Fsp3) is 0.500. The minimum atomic E-state index is -0.00278. The van der Waals surface area contributed by atoms with Crippen molar-refractivity contribution in [1.82, 2.24) is 10.2 Å². The van der Waals surface area contributed by atoms with E-state index in [1.54, 1.807) is 22.3 Å². The Kier molecular flexibility index (Phi) is 6.50. The SMILES string of the molecule is C=CCN(Cc1cccs1)C(=O)NC(CC)CC. The van der Waals surface area contributed by atoms with Crippen molar-refractivity contribution in [2.45, 2.75) is 39.3 Å². The summed E-state index contributed by atoms with van der Waals surface area (Å²) in [5.41, 5.74) is 0. The third kappa shape index (κ3) is 4.53. The van der Waals surface area contributed by atoms with Crippen LogP contribution in [-0.4, -0.2) is 23.5 Å². The molecule has 100 valence electrons. The number of thiophene rings is 1. The maximum absolute atomic E-state index is 12.2. The lowest BCUT2D eigenvalue weighted by Crippen LogP contribution is -2.44. The second kappa shape index (κ2) is 7.93. The summed E-state index contributed by atoms with van der Waals surface area (Å²) in [5, 5.41) is 5.09. The van der Waals surface area contributed by atoms with Crippen LogP contribution in [0.5, 0.6) is 0 Å². The van der Waals surface area contributed by atoms with Crippen molar-refractivity contribution in [3.05, 3.63) is 35.0 Å². The molecule has 0 saturated carbocycles. The van der Waals surface area contributed by atoms with Gasteiger partial charge in [0.2, 0.25) is 0 Å². The van der Waals surface area contributed by atoms with Gasteiger partial charge in [-0.2, -0.15) is 0 Å². The quantitative estimate of drug-likeness (QED) is 0.751. The number of rotatable bonds is 7. The van der Waals surface area contributed by atoms with Gasteiger partial charge in [0.25, 0.3) is 0 Å². The molecular weight excluding hydrogens is 244 g/mol. The predicted molar refractivity (Wildman–Crippen MR) is 77.8 cm³/mol. The molecule has 1 N–H and O–H groups in total. The van der Waals surface area contributed by atoms with Crippen LogP contribution in [0.4, 0.5) is 4.79 Å². The van der Waals surface area contributed by atoms with E-state index in [0.29, 0.717) is 13.1 Å². The second-order valence-corrected chi connectivity index (χ2v) is 5.24. The van der Waals surface area contributed by atoms with E-state index in [4.69, 9.17) is 0 Å². The van der Waals surface area contributed by atoms with E-state index in [-0.39, 0.29) is 12.1 Å². The maximum Gasteiger partial charge on any atom is 0.318 e. The first-order chi connectivity index (χ1) is 8.71. The number of amides is 2. The summed E-state index contributed by atoms with van der Waals surface area (Å²) in [5.74, 6) is 0. The van der Waals surface area contributed by atoms with Crippen molar-refractivity contribution < 1.29 is 4.79 Å². The summed E-state index contributed by atoms with van der Waals surface area (Å²) in [7, 11) is 0. The van der Waals surface area contributed by atoms with Crippen LogP contribution in [0.15, 0.2) is 30.2 Å². The van der Waals surface area contributed by atoms with Gasteiger partial charge in [0.1, 0.15) is 0 Å². The molecular formula is C14H22N2OS. The summed E-state index contributed by atoms with van der Waals surface area (Å²) in [6.45, 7) is 9.11. The van der Waals surface area contributed by atoms with E-state index in [1.165, 1.54) is 4.88 Å². The Hall–Kier alpha value is -1.29. The van der Waals surface area contributed by atoms with Gasteiger partial charge in [0.15, 0.2) is 0 Å². The third-order valence-corrected chi connectivity index (χ3v) is 3.74. The molecule has 2 amide bonds. The highest BCUT2D eigenvalue weighted by Gasteiger charge is 2.15. The third-order valence-electron chi connectivity index (χ3n) is 2.88. The summed E-state index contributed by atoms with van der Waals surface area (Å²) < 4.78 is 0. The van der Waals surface area contributed by atoms with Crippen molar-refractivity contribution in [1.29, 1.82) is 0 Å². The van der Waals surface area contributed by atoms with Gasteiger partial charge in [0, 0.05) is 17.5 Å². The first kappa shape index (κ1) is 14.8. The van der Waals surface area contributed by atoms with Crippen LogP contribution in [0.2, 0.25) is 0 Å². The molecule has 0 aliphatic heterocycles. The molecule has 0 fully saturated rings. The zero-order valence-corrected chi connectivity index (χ0v) is 12.0. The molecule has 0 aliphatic rings. The van der Waals surface area contributed by atoms with Crippen LogP contribution in [0.1, 0.15) is 31.6 Å². The summed E-state index contributed by atoms with van der Waals surface area (Å²) in [4.78, 5) is 15.1. The molecule has 0 aliphatic carbocycles. The van der Waals surface area contributed by atoms with E-state index < -0.39 is 0 Å². The Balaban J connectivity index is 2.60. The van der Waals surface area contributed by atoms with Gasteiger partial charge in [-0.05, 0) is 24.3 Å². The smallest absolute Gasteiger partial charge is 0.318 e. The molecule has 0 bridgehead atoms. The number of urea groups is 1. The van der Waals surface area contributed by atoms with Crippen LogP contribution in [0, 0.1) is 0 Å². The minimum Gasteiger partial charge on any atom is -0.335 e. The Morgan fingerprint density at radius 3 is 2.78 bits per heavy atom. The molecule has 0 unspecified atom stereocenters. The van der Waals surface area contributed by atoms with Crippen LogP contribution in [-0.2, 0) is 6.54 Å². The Morgan fingerprint density at radius 1 is 1.56 bits per heavy atom. The average Bonchev–Trinajstić information content (AvgIpc) is 2.88. The van der Waals surface area contributed by atoms with Crippen molar-refractivity contribution in [3.63, 3.8) is 0 Å². The summed E-state index contributed by atoms with van der Waals surface area (Å²) >= 11 is 1.67. The highest BCUT2D eigenvalue weighted by atomic mass is 32.1. The van der Waals surface area contributed by atoms with E-state index in [1.807, 2.05) is 17.5 Å².